The van der Waals surface area contributed by atoms with Crippen LogP contribution >= 0.6 is 23.4 Å². The zero-order valence-electron chi connectivity index (χ0n) is 9.19. The third-order valence-electron chi connectivity index (χ3n) is 2.41. The minimum absolute atomic E-state index is 0.658. The molecule has 2 rings (SSSR count). The van der Waals surface area contributed by atoms with Crippen LogP contribution in [0.5, 0.6) is 0 Å². The second-order valence-corrected chi connectivity index (χ2v) is 5.12. The van der Waals surface area contributed by atoms with Gasteiger partial charge in [-0.25, -0.2) is 0 Å². The van der Waals surface area contributed by atoms with Gasteiger partial charge in [0.05, 0.1) is 0 Å². The number of benzene rings is 2. The standard InChI is InChI=1S/C13H13ClN2S/c14-10-5-6-13(12(16)7-10)17-8-9-3-1-2-4-11(9)15/h1-7H,8,15-16H2. The van der Waals surface area contributed by atoms with Crippen LogP contribution in [0.25, 0.3) is 0 Å². The Balaban J connectivity index is 2.10. The van der Waals surface area contributed by atoms with Gasteiger partial charge >= 0.3 is 0 Å². The number of rotatable bonds is 3. The van der Waals surface area contributed by atoms with Crippen molar-refractivity contribution in [3.63, 3.8) is 0 Å². The van der Waals surface area contributed by atoms with Gasteiger partial charge in [-0.2, -0.15) is 0 Å². The average Bonchev–Trinajstić information content (AvgIpc) is 2.30. The van der Waals surface area contributed by atoms with Crippen molar-refractivity contribution in [2.75, 3.05) is 11.5 Å². The third-order valence-corrected chi connectivity index (χ3v) is 3.78. The van der Waals surface area contributed by atoms with E-state index in [1.165, 1.54) is 0 Å². The van der Waals surface area contributed by atoms with E-state index in [9.17, 15) is 0 Å². The Morgan fingerprint density at radius 1 is 1.00 bits per heavy atom. The van der Waals surface area contributed by atoms with Crippen molar-refractivity contribution >= 4 is 34.7 Å². The van der Waals surface area contributed by atoms with Gasteiger partial charge in [-0.1, -0.05) is 29.8 Å². The Kier molecular flexibility index (Phi) is 3.82. The highest BCUT2D eigenvalue weighted by Gasteiger charge is 2.03. The summed E-state index contributed by atoms with van der Waals surface area (Å²) in [6.45, 7) is 0. The minimum Gasteiger partial charge on any atom is -0.398 e. The first-order chi connectivity index (χ1) is 8.16. The van der Waals surface area contributed by atoms with Crippen LogP contribution in [0.1, 0.15) is 5.56 Å². The van der Waals surface area contributed by atoms with Crippen molar-refractivity contribution in [3.8, 4) is 0 Å². The summed E-state index contributed by atoms with van der Waals surface area (Å²) < 4.78 is 0. The molecule has 0 unspecified atom stereocenters. The first-order valence-electron chi connectivity index (χ1n) is 5.18. The smallest absolute Gasteiger partial charge is 0.0467 e. The molecule has 0 amide bonds. The normalized spacial score (nSPS) is 10.4. The van der Waals surface area contributed by atoms with Crippen molar-refractivity contribution < 1.29 is 0 Å². The van der Waals surface area contributed by atoms with Gasteiger partial charge in [0.2, 0.25) is 0 Å². The van der Waals surface area contributed by atoms with Crippen molar-refractivity contribution in [2.45, 2.75) is 10.6 Å². The molecule has 0 aliphatic rings. The molecular weight excluding hydrogens is 252 g/mol. The molecule has 0 aromatic heterocycles. The Bertz CT molecular complexity index is 529. The number of anilines is 2. The number of nitrogens with two attached hydrogens (primary N) is 2. The largest absolute Gasteiger partial charge is 0.398 e. The SMILES string of the molecule is Nc1ccccc1CSc1ccc(Cl)cc1N. The lowest BCUT2D eigenvalue weighted by Crippen LogP contribution is -1.93. The van der Waals surface area contributed by atoms with Crippen LogP contribution in [0, 0.1) is 0 Å². The van der Waals surface area contributed by atoms with Crippen LogP contribution in [-0.2, 0) is 5.75 Å². The van der Waals surface area contributed by atoms with E-state index in [1.54, 1.807) is 17.8 Å². The topological polar surface area (TPSA) is 52.0 Å². The molecule has 0 aliphatic heterocycles. The van der Waals surface area contributed by atoms with Crippen LogP contribution in [0.15, 0.2) is 47.4 Å². The number of hydrogen-bond acceptors (Lipinski definition) is 3. The third kappa shape index (κ3) is 3.08. The molecule has 0 radical (unpaired) electrons. The van der Waals surface area contributed by atoms with Gasteiger partial charge in [-0.3, -0.25) is 0 Å². The molecule has 0 heterocycles. The van der Waals surface area contributed by atoms with Gasteiger partial charge in [-0.05, 0) is 29.8 Å². The van der Waals surface area contributed by atoms with E-state index in [0.29, 0.717) is 10.7 Å². The summed E-state index contributed by atoms with van der Waals surface area (Å²) in [5, 5.41) is 0.658. The fourth-order valence-corrected chi connectivity index (χ4v) is 2.62. The summed E-state index contributed by atoms with van der Waals surface area (Å²) in [6, 6.07) is 13.4. The highest BCUT2D eigenvalue weighted by molar-refractivity contribution is 7.98. The fourth-order valence-electron chi connectivity index (χ4n) is 1.47. The first-order valence-corrected chi connectivity index (χ1v) is 6.54. The van der Waals surface area contributed by atoms with E-state index < -0.39 is 0 Å². The maximum absolute atomic E-state index is 5.89. The molecular formula is C13H13ClN2S. The number of para-hydroxylation sites is 1. The van der Waals surface area contributed by atoms with Gasteiger partial charge in [-0.15, -0.1) is 11.8 Å². The van der Waals surface area contributed by atoms with E-state index >= 15 is 0 Å². The zero-order chi connectivity index (χ0) is 12.3. The molecule has 4 heteroatoms. The fraction of sp³-hybridized carbons (Fsp3) is 0.0769. The Morgan fingerprint density at radius 3 is 2.47 bits per heavy atom. The summed E-state index contributed by atoms with van der Waals surface area (Å²) in [7, 11) is 0. The van der Waals surface area contributed by atoms with Crippen molar-refractivity contribution in [2.24, 2.45) is 0 Å². The van der Waals surface area contributed by atoms with Crippen molar-refractivity contribution in [3.05, 3.63) is 53.1 Å². The van der Waals surface area contributed by atoms with Gasteiger partial charge in [0.15, 0.2) is 0 Å². The molecule has 0 spiro atoms. The lowest BCUT2D eigenvalue weighted by Gasteiger charge is -2.07. The molecule has 88 valence electrons. The van der Waals surface area contributed by atoms with Crippen LogP contribution in [0.3, 0.4) is 0 Å². The molecule has 2 nitrogen and oxygen atoms in total. The van der Waals surface area contributed by atoms with Crippen LogP contribution < -0.4 is 11.5 Å². The van der Waals surface area contributed by atoms with Gasteiger partial charge in [0.25, 0.3) is 0 Å². The molecule has 0 atom stereocenters. The zero-order valence-corrected chi connectivity index (χ0v) is 10.8. The Morgan fingerprint density at radius 2 is 1.76 bits per heavy atom. The molecule has 2 aromatic carbocycles. The molecule has 17 heavy (non-hydrogen) atoms. The second-order valence-electron chi connectivity index (χ2n) is 3.67. The lowest BCUT2D eigenvalue weighted by molar-refractivity contribution is 1.38. The summed E-state index contributed by atoms with van der Waals surface area (Å²) in [6.07, 6.45) is 0. The maximum Gasteiger partial charge on any atom is 0.0467 e. The van der Waals surface area contributed by atoms with E-state index in [4.69, 9.17) is 23.1 Å². The van der Waals surface area contributed by atoms with Crippen LogP contribution in [0.2, 0.25) is 5.02 Å². The highest BCUT2D eigenvalue weighted by Crippen LogP contribution is 2.31. The summed E-state index contributed by atoms with van der Waals surface area (Å²) in [5.74, 6) is 0.804. The Hall–Kier alpha value is -1.32. The van der Waals surface area contributed by atoms with Gasteiger partial charge < -0.3 is 11.5 Å². The second kappa shape index (κ2) is 5.34. The summed E-state index contributed by atoms with van der Waals surface area (Å²) in [4.78, 5) is 1.03. The predicted molar refractivity (Wildman–Crippen MR) is 76.3 cm³/mol. The van der Waals surface area contributed by atoms with Crippen LogP contribution in [-0.4, -0.2) is 0 Å². The molecule has 4 N–H and O–H groups in total. The Labute approximate surface area is 110 Å². The summed E-state index contributed by atoms with van der Waals surface area (Å²) in [5.41, 5.74) is 14.4. The predicted octanol–water partition coefficient (Wildman–Crippen LogP) is 3.80. The average molecular weight is 265 g/mol. The number of thioether (sulfide) groups is 1. The van der Waals surface area contributed by atoms with E-state index in [1.807, 2.05) is 36.4 Å². The highest BCUT2D eigenvalue weighted by atomic mass is 35.5. The van der Waals surface area contributed by atoms with Gasteiger partial charge in [0, 0.05) is 27.0 Å². The first kappa shape index (κ1) is 12.1. The number of halogens is 1. The van der Waals surface area contributed by atoms with E-state index in [-0.39, 0.29) is 0 Å². The molecule has 0 aliphatic carbocycles. The lowest BCUT2D eigenvalue weighted by atomic mass is 10.2. The maximum atomic E-state index is 5.89. The van der Waals surface area contributed by atoms with Crippen molar-refractivity contribution in [1.29, 1.82) is 0 Å². The number of hydrogen-bond donors (Lipinski definition) is 2. The molecule has 0 bridgehead atoms. The van der Waals surface area contributed by atoms with Crippen molar-refractivity contribution in [1.82, 2.24) is 0 Å². The quantitative estimate of drug-likeness (QED) is 0.655. The molecule has 0 fully saturated rings. The minimum atomic E-state index is 0.658. The van der Waals surface area contributed by atoms with Gasteiger partial charge in [0.1, 0.15) is 0 Å². The van der Waals surface area contributed by atoms with E-state index in [0.717, 1.165) is 21.9 Å². The van der Waals surface area contributed by atoms with Crippen LogP contribution in [0.4, 0.5) is 11.4 Å². The summed E-state index contributed by atoms with van der Waals surface area (Å²) >= 11 is 7.51. The monoisotopic (exact) mass is 264 g/mol. The molecule has 0 saturated heterocycles. The molecule has 0 saturated carbocycles. The van der Waals surface area contributed by atoms with E-state index in [2.05, 4.69) is 0 Å². The number of nitrogen functional groups attached to an aromatic ring is 2. The molecule has 2 aromatic rings.